The molecular weight excluding hydrogens is 349 g/mol. The second-order valence-corrected chi connectivity index (χ2v) is 5.15. The van der Waals surface area contributed by atoms with Gasteiger partial charge in [0, 0.05) is 10.6 Å². The van der Waals surface area contributed by atoms with E-state index in [2.05, 4.69) is 15.9 Å². The third-order valence-electron chi connectivity index (χ3n) is 2.57. The predicted molar refractivity (Wildman–Crippen MR) is 76.3 cm³/mol. The molecule has 3 nitrogen and oxygen atoms in total. The van der Waals surface area contributed by atoms with E-state index in [-0.39, 0.29) is 22.6 Å². The summed E-state index contributed by atoms with van der Waals surface area (Å²) in [5.74, 6) is -0.581. The highest BCUT2D eigenvalue weighted by molar-refractivity contribution is 9.10. The van der Waals surface area contributed by atoms with Crippen molar-refractivity contribution in [3.63, 3.8) is 0 Å². The lowest BCUT2D eigenvalue weighted by Crippen LogP contribution is -1.97. The highest BCUT2D eigenvalue weighted by Crippen LogP contribution is 2.36. The Balaban J connectivity index is 2.48. The van der Waals surface area contributed by atoms with E-state index < -0.39 is 12.4 Å². The molecule has 2 rings (SSSR count). The maximum Gasteiger partial charge on any atom is 0.177 e. The zero-order valence-electron chi connectivity index (χ0n) is 10.0. The number of nitriles is 1. The van der Waals surface area contributed by atoms with Gasteiger partial charge in [0.15, 0.2) is 11.6 Å². The van der Waals surface area contributed by atoms with Gasteiger partial charge in [0.05, 0.1) is 16.6 Å². The van der Waals surface area contributed by atoms with Crippen LogP contribution in [0.4, 0.5) is 4.39 Å². The molecular formula is C14H8BrClFNO2. The molecule has 0 aliphatic carbocycles. The average molecular weight is 357 g/mol. The van der Waals surface area contributed by atoms with Gasteiger partial charge in [-0.3, -0.25) is 0 Å². The van der Waals surface area contributed by atoms with E-state index >= 15 is 0 Å². The molecule has 0 aliphatic heterocycles. The summed E-state index contributed by atoms with van der Waals surface area (Å²) >= 11 is 8.96. The van der Waals surface area contributed by atoms with Crippen LogP contribution in [0.15, 0.2) is 34.8 Å². The van der Waals surface area contributed by atoms with Gasteiger partial charge in [-0.1, -0.05) is 17.7 Å². The van der Waals surface area contributed by atoms with Crippen molar-refractivity contribution in [3.05, 3.63) is 56.8 Å². The molecule has 6 heteroatoms. The van der Waals surface area contributed by atoms with Crippen LogP contribution in [0.25, 0.3) is 0 Å². The first kappa shape index (κ1) is 14.8. The number of hydrogen-bond donors (Lipinski definition) is 1. The van der Waals surface area contributed by atoms with E-state index in [4.69, 9.17) is 26.7 Å². The van der Waals surface area contributed by atoms with E-state index in [9.17, 15) is 4.39 Å². The molecule has 20 heavy (non-hydrogen) atoms. The number of ether oxygens (including phenoxy) is 1. The van der Waals surface area contributed by atoms with Gasteiger partial charge in [0.1, 0.15) is 11.8 Å². The van der Waals surface area contributed by atoms with Crippen LogP contribution >= 0.6 is 27.5 Å². The smallest absolute Gasteiger partial charge is 0.177 e. The van der Waals surface area contributed by atoms with Crippen molar-refractivity contribution in [2.24, 2.45) is 0 Å². The molecule has 0 aromatic heterocycles. The van der Waals surface area contributed by atoms with Gasteiger partial charge in [-0.25, -0.2) is 4.39 Å². The molecule has 0 amide bonds. The van der Waals surface area contributed by atoms with Gasteiger partial charge in [0.25, 0.3) is 0 Å². The fourth-order valence-corrected chi connectivity index (χ4v) is 2.14. The molecule has 102 valence electrons. The third-order valence-corrected chi connectivity index (χ3v) is 3.43. The Hall–Kier alpha value is -1.61. The topological polar surface area (TPSA) is 53.2 Å². The van der Waals surface area contributed by atoms with Crippen molar-refractivity contribution in [1.82, 2.24) is 0 Å². The molecule has 0 atom stereocenters. The summed E-state index contributed by atoms with van der Waals surface area (Å²) in [6.45, 7) is -0.443. The molecule has 0 radical (unpaired) electrons. The van der Waals surface area contributed by atoms with Crippen LogP contribution in [0.3, 0.4) is 0 Å². The lowest BCUT2D eigenvalue weighted by molar-refractivity contribution is 0.273. The molecule has 0 unspecified atom stereocenters. The largest absolute Gasteiger partial charge is 0.452 e. The number of rotatable bonds is 3. The normalized spacial score (nSPS) is 10.2. The lowest BCUT2D eigenvalue weighted by Gasteiger charge is -2.12. The number of hydrogen-bond acceptors (Lipinski definition) is 3. The Morgan fingerprint density at radius 1 is 1.35 bits per heavy atom. The molecule has 0 heterocycles. The first-order valence-electron chi connectivity index (χ1n) is 5.52. The van der Waals surface area contributed by atoms with Gasteiger partial charge in [-0.2, -0.15) is 5.26 Å². The number of aliphatic hydroxyl groups excluding tert-OH is 1. The zero-order valence-corrected chi connectivity index (χ0v) is 12.4. The van der Waals surface area contributed by atoms with Crippen LogP contribution in [0.5, 0.6) is 11.5 Å². The quantitative estimate of drug-likeness (QED) is 0.887. The van der Waals surface area contributed by atoms with Crippen molar-refractivity contribution >= 4 is 27.5 Å². The van der Waals surface area contributed by atoms with Crippen molar-refractivity contribution in [2.45, 2.75) is 6.61 Å². The maximum atomic E-state index is 14.1. The molecule has 1 N–H and O–H groups in total. The SMILES string of the molecule is N#Cc1cc(Cl)ccc1Oc1c(Br)ccc(CO)c1F. The van der Waals surface area contributed by atoms with Crippen LogP contribution in [0, 0.1) is 17.1 Å². The summed E-state index contributed by atoms with van der Waals surface area (Å²) in [7, 11) is 0. The first-order valence-corrected chi connectivity index (χ1v) is 6.69. The Morgan fingerprint density at radius 3 is 2.75 bits per heavy atom. The number of aliphatic hydroxyl groups is 1. The highest BCUT2D eigenvalue weighted by atomic mass is 79.9. The van der Waals surface area contributed by atoms with Crippen LogP contribution in [-0.2, 0) is 6.61 Å². The number of nitrogens with zero attached hydrogens (tertiary/aromatic N) is 1. The average Bonchev–Trinajstić information content (AvgIpc) is 2.44. The Labute approximate surface area is 128 Å². The van der Waals surface area contributed by atoms with Gasteiger partial charge in [-0.05, 0) is 40.2 Å². The summed E-state index contributed by atoms with van der Waals surface area (Å²) in [5, 5.41) is 18.5. The molecule has 0 spiro atoms. The predicted octanol–water partition coefficient (Wildman–Crippen LogP) is 4.40. The molecule has 0 bridgehead atoms. The van der Waals surface area contributed by atoms with Crippen LogP contribution in [-0.4, -0.2) is 5.11 Å². The van der Waals surface area contributed by atoms with Crippen LogP contribution < -0.4 is 4.74 Å². The van der Waals surface area contributed by atoms with E-state index in [0.29, 0.717) is 9.50 Å². The molecule has 2 aromatic rings. The summed E-state index contributed by atoms with van der Waals surface area (Å²) in [6.07, 6.45) is 0. The van der Waals surface area contributed by atoms with Crippen molar-refractivity contribution < 1.29 is 14.2 Å². The van der Waals surface area contributed by atoms with Gasteiger partial charge < -0.3 is 9.84 Å². The number of halogens is 3. The minimum Gasteiger partial charge on any atom is -0.452 e. The van der Waals surface area contributed by atoms with Gasteiger partial charge in [-0.15, -0.1) is 0 Å². The second kappa shape index (κ2) is 6.23. The summed E-state index contributed by atoms with van der Waals surface area (Å²) < 4.78 is 19.9. The van der Waals surface area contributed by atoms with Gasteiger partial charge >= 0.3 is 0 Å². The molecule has 0 aliphatic rings. The molecule has 0 fully saturated rings. The van der Waals surface area contributed by atoms with Crippen molar-refractivity contribution in [2.75, 3.05) is 0 Å². The van der Waals surface area contributed by atoms with E-state index in [1.807, 2.05) is 6.07 Å². The molecule has 2 aromatic carbocycles. The first-order chi connectivity index (χ1) is 9.56. The van der Waals surface area contributed by atoms with Crippen LogP contribution in [0.2, 0.25) is 5.02 Å². The lowest BCUT2D eigenvalue weighted by atomic mass is 10.2. The van der Waals surface area contributed by atoms with E-state index in [1.165, 1.54) is 18.2 Å². The van der Waals surface area contributed by atoms with Crippen LogP contribution in [0.1, 0.15) is 11.1 Å². The Kier molecular flexibility index (Phi) is 4.61. The summed E-state index contributed by atoms with van der Waals surface area (Å²) in [5.41, 5.74) is 0.300. The fourth-order valence-electron chi connectivity index (χ4n) is 1.58. The number of benzene rings is 2. The van der Waals surface area contributed by atoms with Crippen molar-refractivity contribution in [3.8, 4) is 17.6 Å². The summed E-state index contributed by atoms with van der Waals surface area (Å²) in [6, 6.07) is 9.39. The van der Waals surface area contributed by atoms with Gasteiger partial charge in [0.2, 0.25) is 0 Å². The maximum absolute atomic E-state index is 14.1. The second-order valence-electron chi connectivity index (χ2n) is 3.86. The minimum atomic E-state index is -0.680. The summed E-state index contributed by atoms with van der Waals surface area (Å²) in [4.78, 5) is 0. The fraction of sp³-hybridized carbons (Fsp3) is 0.0714. The van der Waals surface area contributed by atoms with E-state index in [0.717, 1.165) is 0 Å². The Bertz CT molecular complexity index is 700. The molecule has 0 saturated heterocycles. The third kappa shape index (κ3) is 2.93. The van der Waals surface area contributed by atoms with E-state index in [1.54, 1.807) is 12.1 Å². The van der Waals surface area contributed by atoms with Crippen molar-refractivity contribution in [1.29, 1.82) is 5.26 Å². The molecule has 0 saturated carbocycles. The minimum absolute atomic E-state index is 0.0876. The zero-order chi connectivity index (χ0) is 14.7. The Morgan fingerprint density at radius 2 is 2.10 bits per heavy atom. The monoisotopic (exact) mass is 355 g/mol. The highest BCUT2D eigenvalue weighted by Gasteiger charge is 2.15. The standard InChI is InChI=1S/C14H8BrClFNO2/c15-11-3-1-8(7-19)13(17)14(11)20-12-4-2-10(16)5-9(12)6-18/h1-5,19H,7H2.